The zero-order chi connectivity index (χ0) is 17.7. The van der Waals surface area contributed by atoms with Gasteiger partial charge >= 0.3 is 0 Å². The molecule has 0 atom stereocenters. The van der Waals surface area contributed by atoms with Crippen molar-refractivity contribution in [3.8, 4) is 28.8 Å². The van der Waals surface area contributed by atoms with Gasteiger partial charge in [-0.3, -0.25) is 4.79 Å². The lowest BCUT2D eigenvalue weighted by Crippen LogP contribution is -2.25. The summed E-state index contributed by atoms with van der Waals surface area (Å²) in [6, 6.07) is 6.52. The molecule has 3 nitrogen and oxygen atoms in total. The van der Waals surface area contributed by atoms with Gasteiger partial charge < -0.3 is 9.30 Å². The van der Waals surface area contributed by atoms with Crippen LogP contribution in [0.4, 0.5) is 13.2 Å². The van der Waals surface area contributed by atoms with E-state index < -0.39 is 24.3 Å². The smallest absolute Gasteiger partial charge is 0.269 e. The molecule has 0 aliphatic rings. The molecule has 0 aliphatic heterocycles. The van der Waals surface area contributed by atoms with Gasteiger partial charge in [-0.15, -0.1) is 5.92 Å². The molecule has 0 saturated carbocycles. The predicted molar refractivity (Wildman–Crippen MR) is 86.1 cm³/mol. The third kappa shape index (κ3) is 4.12. The number of alkyl halides is 2. The number of rotatable bonds is 5. The average molecular weight is 356 g/mol. The maximum absolute atomic E-state index is 14.3. The van der Waals surface area contributed by atoms with Crippen molar-refractivity contribution in [2.75, 3.05) is 6.61 Å². The fourth-order valence-electron chi connectivity index (χ4n) is 2.09. The van der Waals surface area contributed by atoms with Crippen molar-refractivity contribution < 1.29 is 17.9 Å². The molecule has 24 heavy (non-hydrogen) atoms. The summed E-state index contributed by atoms with van der Waals surface area (Å²) in [6.45, 7) is 0.876. The zero-order valence-electron chi connectivity index (χ0n) is 12.7. The zero-order valence-corrected chi connectivity index (χ0v) is 13.4. The summed E-state index contributed by atoms with van der Waals surface area (Å²) in [5.74, 6) is 4.84. The Morgan fingerprint density at radius 3 is 2.67 bits per heavy atom. The molecular formula is C17H13ClF3NO2. The Bertz CT molecular complexity index is 853. The summed E-state index contributed by atoms with van der Waals surface area (Å²) in [7, 11) is 0. The molecule has 0 unspecified atom stereocenters. The SMILES string of the molecule is CC#CCOc1ccc(-c2ccc(Cl)c(=O)n2CC(F)F)c(F)c1. The Balaban J connectivity index is 2.46. The van der Waals surface area contributed by atoms with Crippen LogP contribution in [0.1, 0.15) is 6.92 Å². The molecule has 0 fully saturated rings. The standard InChI is InChI=1S/C17H13ClF3NO2/c1-2-3-8-24-11-4-5-12(14(19)9-11)15-7-6-13(18)17(23)22(15)10-16(20)21/h4-7,9,16H,8,10H2,1H3. The van der Waals surface area contributed by atoms with Crippen LogP contribution in [0.3, 0.4) is 0 Å². The van der Waals surface area contributed by atoms with Crippen LogP contribution >= 0.6 is 11.6 Å². The van der Waals surface area contributed by atoms with Crippen molar-refractivity contribution >= 4 is 11.6 Å². The van der Waals surface area contributed by atoms with Crippen molar-refractivity contribution in [1.29, 1.82) is 0 Å². The van der Waals surface area contributed by atoms with Gasteiger partial charge in [0.1, 0.15) is 23.2 Å². The van der Waals surface area contributed by atoms with Gasteiger partial charge in [0.2, 0.25) is 0 Å². The summed E-state index contributed by atoms with van der Waals surface area (Å²) in [4.78, 5) is 12.0. The molecule has 0 aliphatic carbocycles. The van der Waals surface area contributed by atoms with E-state index in [2.05, 4.69) is 11.8 Å². The van der Waals surface area contributed by atoms with E-state index in [9.17, 15) is 18.0 Å². The molecule has 0 amide bonds. The van der Waals surface area contributed by atoms with Crippen molar-refractivity contribution in [2.24, 2.45) is 0 Å². The van der Waals surface area contributed by atoms with Crippen LogP contribution in [0.2, 0.25) is 5.02 Å². The van der Waals surface area contributed by atoms with E-state index in [4.69, 9.17) is 16.3 Å². The van der Waals surface area contributed by atoms with Gasteiger partial charge in [0.05, 0.1) is 12.2 Å². The minimum Gasteiger partial charge on any atom is -0.481 e. The molecule has 0 bridgehead atoms. The molecule has 0 radical (unpaired) electrons. The van der Waals surface area contributed by atoms with Gasteiger partial charge in [-0.1, -0.05) is 17.5 Å². The third-order valence-corrected chi connectivity index (χ3v) is 3.44. The second-order valence-electron chi connectivity index (χ2n) is 4.73. The van der Waals surface area contributed by atoms with E-state index in [1.54, 1.807) is 6.92 Å². The highest BCUT2D eigenvalue weighted by molar-refractivity contribution is 6.30. The van der Waals surface area contributed by atoms with E-state index in [1.165, 1.54) is 24.3 Å². The molecule has 1 heterocycles. The molecule has 2 rings (SSSR count). The second kappa shape index (κ2) is 7.93. The lowest BCUT2D eigenvalue weighted by atomic mass is 10.1. The predicted octanol–water partition coefficient (Wildman–Crippen LogP) is 3.98. The van der Waals surface area contributed by atoms with E-state index >= 15 is 0 Å². The summed E-state index contributed by atoms with van der Waals surface area (Å²) < 4.78 is 45.8. The number of hydrogen-bond donors (Lipinski definition) is 0. The van der Waals surface area contributed by atoms with E-state index in [0.717, 1.165) is 10.6 Å². The van der Waals surface area contributed by atoms with Crippen molar-refractivity contribution in [1.82, 2.24) is 4.57 Å². The lowest BCUT2D eigenvalue weighted by molar-refractivity contribution is 0.126. The summed E-state index contributed by atoms with van der Waals surface area (Å²) in [6.07, 6.45) is -2.78. The number of aromatic nitrogens is 1. The van der Waals surface area contributed by atoms with Gasteiger partial charge in [0.25, 0.3) is 12.0 Å². The molecule has 126 valence electrons. The molecule has 7 heteroatoms. The summed E-state index contributed by atoms with van der Waals surface area (Å²) in [5.41, 5.74) is -0.784. The Morgan fingerprint density at radius 1 is 1.29 bits per heavy atom. The minimum absolute atomic E-state index is 0.00153. The van der Waals surface area contributed by atoms with Crippen LogP contribution in [0.15, 0.2) is 35.1 Å². The topological polar surface area (TPSA) is 31.2 Å². The number of hydrogen-bond acceptors (Lipinski definition) is 2. The van der Waals surface area contributed by atoms with Crippen LogP contribution in [0.5, 0.6) is 5.75 Å². The monoisotopic (exact) mass is 355 g/mol. The molecule has 2 aromatic rings. The summed E-state index contributed by atoms with van der Waals surface area (Å²) in [5, 5.41) is -0.210. The Kier molecular flexibility index (Phi) is 5.93. The van der Waals surface area contributed by atoms with E-state index in [-0.39, 0.29) is 28.6 Å². The van der Waals surface area contributed by atoms with E-state index in [1.807, 2.05) is 0 Å². The first-order valence-corrected chi connectivity index (χ1v) is 7.31. The van der Waals surface area contributed by atoms with Crippen LogP contribution in [0.25, 0.3) is 11.3 Å². The Morgan fingerprint density at radius 2 is 2.04 bits per heavy atom. The summed E-state index contributed by atoms with van der Waals surface area (Å²) >= 11 is 5.69. The highest BCUT2D eigenvalue weighted by Gasteiger charge is 2.16. The Labute approximate surface area is 141 Å². The third-order valence-electron chi connectivity index (χ3n) is 3.15. The van der Waals surface area contributed by atoms with Crippen LogP contribution in [-0.2, 0) is 6.54 Å². The van der Waals surface area contributed by atoms with Crippen LogP contribution in [-0.4, -0.2) is 17.6 Å². The molecule has 1 aromatic carbocycles. The van der Waals surface area contributed by atoms with Gasteiger partial charge in [0.15, 0.2) is 0 Å². The number of nitrogens with zero attached hydrogens (tertiary/aromatic N) is 1. The van der Waals surface area contributed by atoms with Gasteiger partial charge in [-0.05, 0) is 31.2 Å². The highest BCUT2D eigenvalue weighted by atomic mass is 35.5. The first-order valence-electron chi connectivity index (χ1n) is 6.94. The number of benzene rings is 1. The average Bonchev–Trinajstić information content (AvgIpc) is 2.53. The van der Waals surface area contributed by atoms with Crippen LogP contribution in [0, 0.1) is 17.7 Å². The van der Waals surface area contributed by atoms with E-state index in [0.29, 0.717) is 0 Å². The first kappa shape index (κ1) is 18.0. The van der Waals surface area contributed by atoms with Crippen molar-refractivity contribution in [2.45, 2.75) is 19.9 Å². The molecule has 0 N–H and O–H groups in total. The quantitative estimate of drug-likeness (QED) is 0.760. The van der Waals surface area contributed by atoms with Gasteiger partial charge in [0, 0.05) is 11.6 Å². The molecule has 0 spiro atoms. The fraction of sp³-hybridized carbons (Fsp3) is 0.235. The fourth-order valence-corrected chi connectivity index (χ4v) is 2.26. The maximum atomic E-state index is 14.3. The van der Waals surface area contributed by atoms with Gasteiger partial charge in [-0.2, -0.15) is 0 Å². The maximum Gasteiger partial charge on any atom is 0.269 e. The van der Waals surface area contributed by atoms with Gasteiger partial charge in [-0.25, -0.2) is 13.2 Å². The lowest BCUT2D eigenvalue weighted by Gasteiger charge is -2.14. The van der Waals surface area contributed by atoms with Crippen molar-refractivity contribution in [3.63, 3.8) is 0 Å². The molecular weight excluding hydrogens is 343 g/mol. The highest BCUT2D eigenvalue weighted by Crippen LogP contribution is 2.26. The normalized spacial score (nSPS) is 10.4. The number of ether oxygens (including phenoxy) is 1. The largest absolute Gasteiger partial charge is 0.481 e. The van der Waals surface area contributed by atoms with Crippen molar-refractivity contribution in [3.05, 3.63) is 51.5 Å². The number of halogens is 4. The Hall–Kier alpha value is -2.39. The molecule has 1 aromatic heterocycles. The minimum atomic E-state index is -2.78. The number of pyridine rings is 1. The first-order chi connectivity index (χ1) is 11.4. The second-order valence-corrected chi connectivity index (χ2v) is 5.14. The van der Waals surface area contributed by atoms with Crippen LogP contribution < -0.4 is 10.3 Å². The molecule has 0 saturated heterocycles.